The van der Waals surface area contributed by atoms with E-state index in [0.717, 1.165) is 25.2 Å². The standard InChI is InChI=1S/C15H16ClN3/c1-11-8-12-4-2-3-5-14(12)19(9-11)10-13-6-7-15(16)18-17-13/h2-7,11H,8-10H2,1H3. The summed E-state index contributed by atoms with van der Waals surface area (Å²) in [6, 6.07) is 12.3. The van der Waals surface area contributed by atoms with Gasteiger partial charge in [0.15, 0.2) is 5.15 Å². The third kappa shape index (κ3) is 2.71. The fraction of sp³-hybridized carbons (Fsp3) is 0.333. The summed E-state index contributed by atoms with van der Waals surface area (Å²) in [5.41, 5.74) is 3.69. The molecular weight excluding hydrogens is 258 g/mol. The second-order valence-electron chi connectivity index (χ2n) is 5.17. The first-order chi connectivity index (χ1) is 9.22. The Morgan fingerprint density at radius 2 is 2.05 bits per heavy atom. The van der Waals surface area contributed by atoms with Gasteiger partial charge in [-0.1, -0.05) is 36.7 Å². The summed E-state index contributed by atoms with van der Waals surface area (Å²) in [6.45, 7) is 4.13. The second-order valence-corrected chi connectivity index (χ2v) is 5.55. The van der Waals surface area contributed by atoms with Gasteiger partial charge >= 0.3 is 0 Å². The highest BCUT2D eigenvalue weighted by Gasteiger charge is 2.21. The van der Waals surface area contributed by atoms with Crippen molar-refractivity contribution in [1.29, 1.82) is 0 Å². The second kappa shape index (κ2) is 5.17. The molecular formula is C15H16ClN3. The highest BCUT2D eigenvalue weighted by molar-refractivity contribution is 6.29. The van der Waals surface area contributed by atoms with Gasteiger partial charge < -0.3 is 4.90 Å². The van der Waals surface area contributed by atoms with Crippen LogP contribution < -0.4 is 4.90 Å². The van der Waals surface area contributed by atoms with Gasteiger partial charge in [0.1, 0.15) is 0 Å². The normalized spacial score (nSPS) is 18.2. The Labute approximate surface area is 118 Å². The van der Waals surface area contributed by atoms with Crippen molar-refractivity contribution >= 4 is 17.3 Å². The molecule has 0 radical (unpaired) electrons. The molecule has 19 heavy (non-hydrogen) atoms. The van der Waals surface area contributed by atoms with E-state index < -0.39 is 0 Å². The van der Waals surface area contributed by atoms with Crippen LogP contribution in [-0.4, -0.2) is 16.7 Å². The van der Waals surface area contributed by atoms with E-state index >= 15 is 0 Å². The van der Waals surface area contributed by atoms with E-state index in [1.54, 1.807) is 6.07 Å². The van der Waals surface area contributed by atoms with Gasteiger partial charge in [-0.15, -0.1) is 5.10 Å². The first-order valence-electron chi connectivity index (χ1n) is 6.53. The fourth-order valence-electron chi connectivity index (χ4n) is 2.68. The van der Waals surface area contributed by atoms with Crippen molar-refractivity contribution < 1.29 is 0 Å². The number of halogens is 1. The lowest BCUT2D eigenvalue weighted by molar-refractivity contribution is 0.527. The monoisotopic (exact) mass is 273 g/mol. The number of para-hydroxylation sites is 1. The molecule has 3 rings (SSSR count). The van der Waals surface area contributed by atoms with Crippen LogP contribution in [0.25, 0.3) is 0 Å². The molecule has 0 saturated carbocycles. The molecule has 2 aromatic rings. The maximum Gasteiger partial charge on any atom is 0.151 e. The molecule has 3 nitrogen and oxygen atoms in total. The van der Waals surface area contributed by atoms with Crippen molar-refractivity contribution in [3.8, 4) is 0 Å². The van der Waals surface area contributed by atoms with Crippen LogP contribution in [0.5, 0.6) is 0 Å². The first kappa shape index (κ1) is 12.4. The Morgan fingerprint density at radius 1 is 1.21 bits per heavy atom. The van der Waals surface area contributed by atoms with E-state index in [1.807, 2.05) is 6.07 Å². The van der Waals surface area contributed by atoms with Crippen molar-refractivity contribution in [2.45, 2.75) is 19.9 Å². The molecule has 0 N–H and O–H groups in total. The molecule has 1 atom stereocenters. The summed E-state index contributed by atoms with van der Waals surface area (Å²) >= 11 is 5.77. The quantitative estimate of drug-likeness (QED) is 0.840. The van der Waals surface area contributed by atoms with Gasteiger partial charge in [0.25, 0.3) is 0 Å². The maximum absolute atomic E-state index is 5.77. The van der Waals surface area contributed by atoms with E-state index in [2.05, 4.69) is 46.3 Å². The third-order valence-corrected chi connectivity index (χ3v) is 3.67. The lowest BCUT2D eigenvalue weighted by Gasteiger charge is -2.34. The largest absolute Gasteiger partial charge is 0.365 e. The highest BCUT2D eigenvalue weighted by Crippen LogP contribution is 2.30. The van der Waals surface area contributed by atoms with Crippen LogP contribution in [0.1, 0.15) is 18.2 Å². The minimum Gasteiger partial charge on any atom is -0.365 e. The summed E-state index contributed by atoms with van der Waals surface area (Å²) in [5.74, 6) is 0.662. The molecule has 0 fully saturated rings. The smallest absolute Gasteiger partial charge is 0.151 e. The number of hydrogen-bond donors (Lipinski definition) is 0. The van der Waals surface area contributed by atoms with Crippen LogP contribution in [0.4, 0.5) is 5.69 Å². The average Bonchev–Trinajstić information content (AvgIpc) is 2.41. The Kier molecular flexibility index (Phi) is 3.38. The van der Waals surface area contributed by atoms with Crippen LogP contribution in [0, 0.1) is 5.92 Å². The molecule has 0 aliphatic carbocycles. The molecule has 1 aromatic carbocycles. The van der Waals surface area contributed by atoms with Crippen LogP contribution in [-0.2, 0) is 13.0 Å². The van der Waals surface area contributed by atoms with Crippen molar-refractivity contribution in [1.82, 2.24) is 10.2 Å². The maximum atomic E-state index is 5.77. The summed E-state index contributed by atoms with van der Waals surface area (Å²) in [5, 5.41) is 8.50. The topological polar surface area (TPSA) is 29.0 Å². The number of hydrogen-bond acceptors (Lipinski definition) is 3. The van der Waals surface area contributed by atoms with Crippen molar-refractivity contribution in [2.75, 3.05) is 11.4 Å². The lowest BCUT2D eigenvalue weighted by atomic mass is 9.94. The zero-order valence-corrected chi connectivity index (χ0v) is 11.6. The molecule has 4 heteroatoms. The Hall–Kier alpha value is -1.61. The van der Waals surface area contributed by atoms with E-state index in [1.165, 1.54) is 11.3 Å². The van der Waals surface area contributed by atoms with Gasteiger partial charge in [0.05, 0.1) is 12.2 Å². The van der Waals surface area contributed by atoms with Crippen molar-refractivity contribution in [3.05, 3.63) is 52.8 Å². The molecule has 0 bridgehead atoms. The molecule has 0 spiro atoms. The zero-order chi connectivity index (χ0) is 13.2. The molecule has 2 heterocycles. The SMILES string of the molecule is CC1Cc2ccccc2N(Cc2ccc(Cl)nn2)C1. The first-order valence-corrected chi connectivity index (χ1v) is 6.91. The molecule has 1 aliphatic heterocycles. The van der Waals surface area contributed by atoms with Crippen LogP contribution >= 0.6 is 11.6 Å². The summed E-state index contributed by atoms with van der Waals surface area (Å²) in [4.78, 5) is 2.38. The molecule has 0 amide bonds. The minimum atomic E-state index is 0.441. The Balaban J connectivity index is 1.86. The summed E-state index contributed by atoms with van der Waals surface area (Å²) in [7, 11) is 0. The highest BCUT2D eigenvalue weighted by atomic mass is 35.5. The van der Waals surface area contributed by atoms with Crippen molar-refractivity contribution in [2.24, 2.45) is 5.92 Å². The van der Waals surface area contributed by atoms with E-state index in [9.17, 15) is 0 Å². The third-order valence-electron chi connectivity index (χ3n) is 3.47. The van der Waals surface area contributed by atoms with Crippen LogP contribution in [0.2, 0.25) is 5.15 Å². The predicted octanol–water partition coefficient (Wildman–Crippen LogP) is 3.33. The molecule has 0 saturated heterocycles. The van der Waals surface area contributed by atoms with Crippen LogP contribution in [0.15, 0.2) is 36.4 Å². The van der Waals surface area contributed by atoms with Gasteiger partial charge in [0.2, 0.25) is 0 Å². The molecule has 1 aromatic heterocycles. The van der Waals surface area contributed by atoms with Gasteiger partial charge in [-0.05, 0) is 36.1 Å². The minimum absolute atomic E-state index is 0.441. The number of fused-ring (bicyclic) bond motifs is 1. The Bertz CT molecular complexity index is 568. The number of anilines is 1. The van der Waals surface area contributed by atoms with E-state index in [-0.39, 0.29) is 0 Å². The van der Waals surface area contributed by atoms with Crippen LogP contribution in [0.3, 0.4) is 0 Å². The number of nitrogens with zero attached hydrogens (tertiary/aromatic N) is 3. The number of rotatable bonds is 2. The predicted molar refractivity (Wildman–Crippen MR) is 77.4 cm³/mol. The lowest BCUT2D eigenvalue weighted by Crippen LogP contribution is -2.34. The molecule has 1 aliphatic rings. The average molecular weight is 274 g/mol. The number of benzene rings is 1. The van der Waals surface area contributed by atoms with Crippen molar-refractivity contribution in [3.63, 3.8) is 0 Å². The summed E-state index contributed by atoms with van der Waals surface area (Å²) in [6.07, 6.45) is 1.15. The fourth-order valence-corrected chi connectivity index (χ4v) is 2.78. The van der Waals surface area contributed by atoms with Gasteiger partial charge in [-0.2, -0.15) is 5.10 Å². The zero-order valence-electron chi connectivity index (χ0n) is 10.9. The van der Waals surface area contributed by atoms with E-state index in [0.29, 0.717) is 11.1 Å². The van der Waals surface area contributed by atoms with Gasteiger partial charge in [-0.3, -0.25) is 0 Å². The van der Waals surface area contributed by atoms with E-state index in [4.69, 9.17) is 11.6 Å². The van der Waals surface area contributed by atoms with Gasteiger partial charge in [-0.25, -0.2) is 0 Å². The molecule has 98 valence electrons. The number of aromatic nitrogens is 2. The van der Waals surface area contributed by atoms with Gasteiger partial charge in [0, 0.05) is 12.2 Å². The molecule has 1 unspecified atom stereocenters. The summed E-state index contributed by atoms with van der Waals surface area (Å²) < 4.78 is 0. The Morgan fingerprint density at radius 3 is 2.84 bits per heavy atom.